The van der Waals surface area contributed by atoms with Crippen LogP contribution in [0.4, 0.5) is 0 Å². The number of hydrogen-bond donors (Lipinski definition) is 0. The summed E-state index contributed by atoms with van der Waals surface area (Å²) >= 11 is 0. The molecule has 0 bridgehead atoms. The molecule has 3 nitrogen and oxygen atoms in total. The Labute approximate surface area is 124 Å². The molecule has 4 rings (SSSR count). The van der Waals surface area contributed by atoms with Gasteiger partial charge >= 0.3 is 0 Å². The molecule has 1 aliphatic heterocycles. The standard InChI is InChI=1S/C18H18O3/c1-9-3-4-11-5-6-12-15(13(11)7-9)17(20)16(19)14-8-10(2)21-18(12)14/h3-5,9-10,12H,6-8H2,1-2H3. The van der Waals surface area contributed by atoms with Gasteiger partial charge < -0.3 is 4.74 Å². The smallest absolute Gasteiger partial charge is 0.232 e. The van der Waals surface area contributed by atoms with Crippen LogP contribution in [0.1, 0.15) is 33.1 Å². The minimum absolute atomic E-state index is 0.00616. The van der Waals surface area contributed by atoms with E-state index >= 15 is 0 Å². The quantitative estimate of drug-likeness (QED) is 0.641. The van der Waals surface area contributed by atoms with Crippen molar-refractivity contribution in [2.75, 3.05) is 0 Å². The van der Waals surface area contributed by atoms with E-state index in [2.05, 4.69) is 25.2 Å². The molecule has 0 radical (unpaired) electrons. The van der Waals surface area contributed by atoms with E-state index in [1.54, 1.807) is 0 Å². The van der Waals surface area contributed by atoms with Crippen LogP contribution in [0.5, 0.6) is 0 Å². The Bertz CT molecular complexity index is 687. The highest BCUT2D eigenvalue weighted by molar-refractivity contribution is 6.50. The maximum atomic E-state index is 12.6. The third kappa shape index (κ3) is 1.73. The van der Waals surface area contributed by atoms with Crippen LogP contribution in [-0.2, 0) is 14.3 Å². The second-order valence-corrected chi connectivity index (χ2v) is 6.51. The van der Waals surface area contributed by atoms with Gasteiger partial charge in [0.05, 0.1) is 6.10 Å². The first-order valence-corrected chi connectivity index (χ1v) is 7.66. The highest BCUT2D eigenvalue weighted by Gasteiger charge is 2.46. The summed E-state index contributed by atoms with van der Waals surface area (Å²) in [6, 6.07) is 0. The predicted molar refractivity (Wildman–Crippen MR) is 78.3 cm³/mol. The van der Waals surface area contributed by atoms with Crippen molar-refractivity contribution in [1.29, 1.82) is 0 Å². The summed E-state index contributed by atoms with van der Waals surface area (Å²) in [4.78, 5) is 25.0. The first kappa shape index (κ1) is 12.8. The van der Waals surface area contributed by atoms with E-state index in [9.17, 15) is 9.59 Å². The van der Waals surface area contributed by atoms with Crippen LogP contribution in [0.25, 0.3) is 0 Å². The summed E-state index contributed by atoms with van der Waals surface area (Å²) in [7, 11) is 0. The zero-order chi connectivity index (χ0) is 14.7. The molecule has 0 aromatic rings. The van der Waals surface area contributed by atoms with Gasteiger partial charge in [0.1, 0.15) is 5.76 Å². The van der Waals surface area contributed by atoms with E-state index in [1.165, 1.54) is 0 Å². The van der Waals surface area contributed by atoms with Gasteiger partial charge in [-0.25, -0.2) is 0 Å². The monoisotopic (exact) mass is 282 g/mol. The van der Waals surface area contributed by atoms with Crippen LogP contribution in [0.2, 0.25) is 0 Å². The van der Waals surface area contributed by atoms with Crippen molar-refractivity contribution in [3.63, 3.8) is 0 Å². The highest BCUT2D eigenvalue weighted by Crippen LogP contribution is 2.47. The minimum atomic E-state index is -0.337. The van der Waals surface area contributed by atoms with E-state index in [0.29, 0.717) is 23.5 Å². The van der Waals surface area contributed by atoms with Crippen molar-refractivity contribution < 1.29 is 14.3 Å². The summed E-state index contributed by atoms with van der Waals surface area (Å²) in [6.45, 7) is 4.09. The first-order chi connectivity index (χ1) is 10.1. The second kappa shape index (κ2) is 4.30. The Morgan fingerprint density at radius 2 is 1.90 bits per heavy atom. The number of carbonyl (C=O) groups excluding carboxylic acids is 2. The van der Waals surface area contributed by atoms with E-state index in [1.807, 2.05) is 6.92 Å². The topological polar surface area (TPSA) is 43.4 Å². The lowest BCUT2D eigenvalue weighted by atomic mass is 9.70. The molecule has 0 spiro atoms. The Morgan fingerprint density at radius 3 is 2.71 bits per heavy atom. The molecule has 108 valence electrons. The molecule has 3 aliphatic carbocycles. The summed E-state index contributed by atoms with van der Waals surface area (Å²) in [5, 5.41) is 0. The lowest BCUT2D eigenvalue weighted by Gasteiger charge is -2.33. The largest absolute Gasteiger partial charge is 0.494 e. The minimum Gasteiger partial charge on any atom is -0.494 e. The van der Waals surface area contributed by atoms with Gasteiger partial charge in [0, 0.05) is 23.5 Å². The number of allylic oxidation sites excluding steroid dienone is 6. The number of fused-ring (bicyclic) bond motifs is 3. The molecule has 0 N–H and O–H groups in total. The average Bonchev–Trinajstić information content (AvgIpc) is 2.85. The zero-order valence-electron chi connectivity index (χ0n) is 12.3. The maximum Gasteiger partial charge on any atom is 0.232 e. The van der Waals surface area contributed by atoms with E-state index in [4.69, 9.17) is 4.74 Å². The molecule has 3 atom stereocenters. The molecule has 3 heteroatoms. The number of rotatable bonds is 0. The zero-order valence-corrected chi connectivity index (χ0v) is 12.3. The van der Waals surface area contributed by atoms with Crippen molar-refractivity contribution >= 4 is 11.6 Å². The van der Waals surface area contributed by atoms with Crippen molar-refractivity contribution in [2.24, 2.45) is 11.8 Å². The number of carbonyl (C=O) groups is 2. The van der Waals surface area contributed by atoms with E-state index in [0.717, 1.165) is 29.7 Å². The van der Waals surface area contributed by atoms with Crippen LogP contribution in [0, 0.1) is 11.8 Å². The van der Waals surface area contributed by atoms with Crippen molar-refractivity contribution in [2.45, 2.75) is 39.2 Å². The molecule has 0 saturated heterocycles. The third-order valence-corrected chi connectivity index (χ3v) is 4.88. The first-order valence-electron chi connectivity index (χ1n) is 7.66. The Balaban J connectivity index is 1.88. The SMILES string of the molecule is CC1C=CC2=CCC3C4=C(CC(C)O4)C(=O)C(=O)C3=C2C1. The molecule has 4 aliphatic rings. The van der Waals surface area contributed by atoms with Gasteiger partial charge in [-0.15, -0.1) is 0 Å². The Morgan fingerprint density at radius 1 is 1.10 bits per heavy atom. The number of ether oxygens (including phenoxy) is 1. The molecule has 0 aromatic heterocycles. The fourth-order valence-corrected chi connectivity index (χ4v) is 3.91. The molecule has 0 saturated carbocycles. The molecular weight excluding hydrogens is 264 g/mol. The summed E-state index contributed by atoms with van der Waals surface area (Å²) in [5.74, 6) is 0.515. The molecule has 1 heterocycles. The maximum absolute atomic E-state index is 12.6. The van der Waals surface area contributed by atoms with Gasteiger partial charge in [-0.2, -0.15) is 0 Å². The van der Waals surface area contributed by atoms with Crippen LogP contribution < -0.4 is 0 Å². The van der Waals surface area contributed by atoms with Gasteiger partial charge in [-0.1, -0.05) is 25.2 Å². The molecule has 21 heavy (non-hydrogen) atoms. The Kier molecular flexibility index (Phi) is 2.62. The second-order valence-electron chi connectivity index (χ2n) is 6.51. The van der Waals surface area contributed by atoms with Crippen LogP contribution in [0.15, 0.2) is 46.3 Å². The van der Waals surface area contributed by atoms with Crippen molar-refractivity contribution in [3.05, 3.63) is 46.3 Å². The summed E-state index contributed by atoms with van der Waals surface area (Å²) in [6.07, 6.45) is 8.63. The van der Waals surface area contributed by atoms with E-state index in [-0.39, 0.29) is 23.6 Å². The van der Waals surface area contributed by atoms with Crippen LogP contribution >= 0.6 is 0 Å². The molecule has 0 amide bonds. The van der Waals surface area contributed by atoms with Gasteiger partial charge in [0.15, 0.2) is 0 Å². The fourth-order valence-electron chi connectivity index (χ4n) is 3.91. The van der Waals surface area contributed by atoms with Crippen LogP contribution in [0.3, 0.4) is 0 Å². The van der Waals surface area contributed by atoms with Crippen LogP contribution in [-0.4, -0.2) is 17.7 Å². The van der Waals surface area contributed by atoms with Gasteiger partial charge in [0.25, 0.3) is 0 Å². The lowest BCUT2D eigenvalue weighted by Crippen LogP contribution is -2.33. The van der Waals surface area contributed by atoms with Gasteiger partial charge in [0.2, 0.25) is 11.6 Å². The summed E-state index contributed by atoms with van der Waals surface area (Å²) in [5.41, 5.74) is 3.52. The van der Waals surface area contributed by atoms with E-state index < -0.39 is 0 Å². The normalized spacial score (nSPS) is 34.4. The van der Waals surface area contributed by atoms with Crippen molar-refractivity contribution in [1.82, 2.24) is 0 Å². The molecule has 0 fully saturated rings. The Hall–Kier alpha value is -1.90. The average molecular weight is 282 g/mol. The fraction of sp³-hybridized carbons (Fsp3) is 0.444. The van der Waals surface area contributed by atoms with Gasteiger partial charge in [-0.3, -0.25) is 9.59 Å². The lowest BCUT2D eigenvalue weighted by molar-refractivity contribution is -0.133. The summed E-state index contributed by atoms with van der Waals surface area (Å²) < 4.78 is 5.89. The van der Waals surface area contributed by atoms with Gasteiger partial charge in [-0.05, 0) is 36.8 Å². The number of ketones is 2. The molecule has 0 aromatic carbocycles. The molecule has 3 unspecified atom stereocenters. The predicted octanol–water partition coefficient (Wildman–Crippen LogP) is 3.04. The number of Topliss-reactive ketones (excluding diaryl/α,β-unsaturated/α-hetero) is 2. The van der Waals surface area contributed by atoms with Crippen molar-refractivity contribution in [3.8, 4) is 0 Å². The highest BCUT2D eigenvalue weighted by atomic mass is 16.5. The third-order valence-electron chi connectivity index (χ3n) is 4.88. The molecular formula is C18H18O3. The number of hydrogen-bond acceptors (Lipinski definition) is 3.